The van der Waals surface area contributed by atoms with E-state index in [9.17, 15) is 9.59 Å². The van der Waals surface area contributed by atoms with Gasteiger partial charge in [-0.05, 0) is 65.8 Å². The van der Waals surface area contributed by atoms with Crippen molar-refractivity contribution >= 4 is 18.0 Å². The van der Waals surface area contributed by atoms with Crippen LogP contribution in [0.2, 0.25) is 0 Å². The van der Waals surface area contributed by atoms with Crippen molar-refractivity contribution in [3.63, 3.8) is 0 Å². The van der Waals surface area contributed by atoms with Crippen molar-refractivity contribution in [1.82, 2.24) is 14.7 Å². The first kappa shape index (κ1) is 23.7. The van der Waals surface area contributed by atoms with E-state index in [4.69, 9.17) is 20.4 Å². The van der Waals surface area contributed by atoms with Crippen LogP contribution in [-0.4, -0.2) is 49.1 Å². The van der Waals surface area contributed by atoms with Gasteiger partial charge in [-0.15, -0.1) is 0 Å². The molecule has 1 aromatic carbocycles. The molecule has 1 heterocycles. The standard InChI is InChI=1S/C21H29N5O5/c1-20(2,3)30-18(27)25(19(28)31-21(4,5)6)12-14-11-23-26(13-14)16-9-7-15(8-10-16)17(22)24-29/h7-11,13,29H,12H2,1-6H3,(H2,22,24). The molecule has 168 valence electrons. The van der Waals surface area contributed by atoms with Gasteiger partial charge in [0.1, 0.15) is 11.2 Å². The van der Waals surface area contributed by atoms with Gasteiger partial charge in [0.05, 0.1) is 18.4 Å². The van der Waals surface area contributed by atoms with Crippen molar-refractivity contribution in [3.05, 3.63) is 47.8 Å². The molecule has 0 unspecified atom stereocenters. The number of amides is 2. The summed E-state index contributed by atoms with van der Waals surface area (Å²) in [6.45, 7) is 10.2. The van der Waals surface area contributed by atoms with Gasteiger partial charge in [0.15, 0.2) is 5.84 Å². The van der Waals surface area contributed by atoms with Crippen LogP contribution in [0.3, 0.4) is 0 Å². The molecule has 10 nitrogen and oxygen atoms in total. The maximum Gasteiger partial charge on any atom is 0.420 e. The van der Waals surface area contributed by atoms with Gasteiger partial charge in [-0.2, -0.15) is 5.10 Å². The lowest BCUT2D eigenvalue weighted by atomic mass is 10.2. The lowest BCUT2D eigenvalue weighted by Crippen LogP contribution is -2.43. The van der Waals surface area contributed by atoms with E-state index >= 15 is 0 Å². The number of imide groups is 1. The van der Waals surface area contributed by atoms with E-state index in [1.54, 1.807) is 82.9 Å². The molecule has 2 rings (SSSR count). The maximum atomic E-state index is 12.6. The largest absolute Gasteiger partial charge is 0.443 e. The van der Waals surface area contributed by atoms with Crippen LogP contribution in [0.25, 0.3) is 5.69 Å². The van der Waals surface area contributed by atoms with Crippen molar-refractivity contribution in [1.29, 1.82) is 0 Å². The summed E-state index contributed by atoms with van der Waals surface area (Å²) in [6, 6.07) is 6.84. The highest BCUT2D eigenvalue weighted by molar-refractivity contribution is 5.97. The van der Waals surface area contributed by atoms with Crippen LogP contribution in [-0.2, 0) is 16.0 Å². The SMILES string of the molecule is CC(C)(C)OC(=O)N(Cc1cnn(-c2ccc(C(N)=NO)cc2)c1)C(=O)OC(C)(C)C. The van der Waals surface area contributed by atoms with E-state index in [-0.39, 0.29) is 12.4 Å². The number of rotatable bonds is 4. The Balaban J connectivity index is 2.24. The molecule has 0 aliphatic heterocycles. The fraction of sp³-hybridized carbons (Fsp3) is 0.429. The molecule has 0 saturated carbocycles. The second-order valence-corrected chi connectivity index (χ2v) is 8.87. The van der Waals surface area contributed by atoms with Gasteiger partial charge >= 0.3 is 12.2 Å². The zero-order chi connectivity index (χ0) is 23.4. The van der Waals surface area contributed by atoms with Crippen molar-refractivity contribution in [3.8, 4) is 5.69 Å². The third-order valence-electron chi connectivity index (χ3n) is 3.74. The summed E-state index contributed by atoms with van der Waals surface area (Å²) in [5.74, 6) is -0.00179. The van der Waals surface area contributed by atoms with E-state index < -0.39 is 23.4 Å². The Hall–Kier alpha value is -3.56. The summed E-state index contributed by atoms with van der Waals surface area (Å²) in [4.78, 5) is 26.2. The Morgan fingerprint density at radius 1 is 1.06 bits per heavy atom. The smallest absolute Gasteiger partial charge is 0.420 e. The fourth-order valence-electron chi connectivity index (χ4n) is 2.45. The fourth-order valence-corrected chi connectivity index (χ4v) is 2.45. The number of hydrogen-bond acceptors (Lipinski definition) is 7. The summed E-state index contributed by atoms with van der Waals surface area (Å²) in [5, 5.41) is 16.0. The number of nitrogens with zero attached hydrogens (tertiary/aromatic N) is 4. The van der Waals surface area contributed by atoms with Crippen LogP contribution in [0.15, 0.2) is 41.8 Å². The first-order valence-corrected chi connectivity index (χ1v) is 9.64. The third kappa shape index (κ3) is 7.02. The average molecular weight is 431 g/mol. The Labute approximate surface area is 181 Å². The van der Waals surface area contributed by atoms with Gasteiger partial charge in [0.2, 0.25) is 0 Å². The summed E-state index contributed by atoms with van der Waals surface area (Å²) in [6.07, 6.45) is 1.61. The van der Waals surface area contributed by atoms with Crippen LogP contribution < -0.4 is 5.73 Å². The Morgan fingerprint density at radius 3 is 2.03 bits per heavy atom. The molecule has 0 fully saturated rings. The summed E-state index contributed by atoms with van der Waals surface area (Å²) >= 11 is 0. The number of benzene rings is 1. The highest BCUT2D eigenvalue weighted by atomic mass is 16.6. The highest BCUT2D eigenvalue weighted by Crippen LogP contribution is 2.18. The van der Waals surface area contributed by atoms with Gasteiger partial charge in [-0.1, -0.05) is 5.16 Å². The minimum atomic E-state index is -0.808. The predicted molar refractivity (Wildman–Crippen MR) is 114 cm³/mol. The van der Waals surface area contributed by atoms with E-state index in [1.807, 2.05) is 0 Å². The number of carbonyl (C=O) groups is 2. The second-order valence-electron chi connectivity index (χ2n) is 8.87. The minimum Gasteiger partial charge on any atom is -0.443 e. The minimum absolute atomic E-state index is 0.00179. The maximum absolute atomic E-state index is 12.6. The van der Waals surface area contributed by atoms with Crippen molar-refractivity contribution in [2.45, 2.75) is 59.3 Å². The first-order valence-electron chi connectivity index (χ1n) is 9.64. The number of amidine groups is 1. The first-order chi connectivity index (χ1) is 14.3. The topological polar surface area (TPSA) is 132 Å². The van der Waals surface area contributed by atoms with Crippen LogP contribution in [0, 0.1) is 0 Å². The Bertz CT molecular complexity index is 924. The summed E-state index contributed by atoms with van der Waals surface area (Å²) in [7, 11) is 0. The van der Waals surface area contributed by atoms with Gasteiger partial charge in [-0.25, -0.2) is 19.2 Å². The van der Waals surface area contributed by atoms with E-state index in [0.717, 1.165) is 4.90 Å². The van der Waals surface area contributed by atoms with E-state index in [1.165, 1.54) is 0 Å². The van der Waals surface area contributed by atoms with E-state index in [0.29, 0.717) is 16.8 Å². The van der Waals surface area contributed by atoms with Crippen molar-refractivity contribution in [2.24, 2.45) is 10.9 Å². The number of aromatic nitrogens is 2. The molecule has 0 saturated heterocycles. The monoisotopic (exact) mass is 431 g/mol. The molecule has 0 aliphatic carbocycles. The lowest BCUT2D eigenvalue weighted by Gasteiger charge is -2.28. The molecule has 10 heteroatoms. The van der Waals surface area contributed by atoms with Gasteiger partial charge in [0.25, 0.3) is 0 Å². The molecule has 0 bridgehead atoms. The molecule has 0 atom stereocenters. The molecule has 31 heavy (non-hydrogen) atoms. The van der Waals surface area contributed by atoms with Gasteiger partial charge < -0.3 is 20.4 Å². The molecule has 2 aromatic rings. The van der Waals surface area contributed by atoms with Gasteiger partial charge in [0, 0.05) is 17.3 Å². The molecular weight excluding hydrogens is 402 g/mol. The number of oxime groups is 1. The van der Waals surface area contributed by atoms with Crippen LogP contribution in [0.4, 0.5) is 9.59 Å². The zero-order valence-corrected chi connectivity index (χ0v) is 18.6. The van der Waals surface area contributed by atoms with Crippen molar-refractivity contribution in [2.75, 3.05) is 0 Å². The highest BCUT2D eigenvalue weighted by Gasteiger charge is 2.31. The van der Waals surface area contributed by atoms with E-state index in [2.05, 4.69) is 10.3 Å². The second kappa shape index (κ2) is 9.07. The van der Waals surface area contributed by atoms with Crippen LogP contribution in [0.5, 0.6) is 0 Å². The molecule has 0 spiro atoms. The average Bonchev–Trinajstić information content (AvgIpc) is 3.11. The Morgan fingerprint density at radius 2 is 1.58 bits per heavy atom. The van der Waals surface area contributed by atoms with Crippen LogP contribution >= 0.6 is 0 Å². The molecular formula is C21H29N5O5. The molecule has 3 N–H and O–H groups in total. The van der Waals surface area contributed by atoms with Gasteiger partial charge in [-0.3, -0.25) is 0 Å². The molecule has 1 aromatic heterocycles. The van der Waals surface area contributed by atoms with Crippen molar-refractivity contribution < 1.29 is 24.3 Å². The molecule has 0 radical (unpaired) electrons. The number of ether oxygens (including phenoxy) is 2. The normalized spacial score (nSPS) is 12.4. The molecule has 0 aliphatic rings. The number of carbonyl (C=O) groups excluding carboxylic acids is 2. The lowest BCUT2D eigenvalue weighted by molar-refractivity contribution is -0.000247. The number of hydrogen-bond donors (Lipinski definition) is 2. The predicted octanol–water partition coefficient (Wildman–Crippen LogP) is 3.64. The van der Waals surface area contributed by atoms with Crippen LogP contribution in [0.1, 0.15) is 52.7 Å². The molecule has 2 amide bonds. The third-order valence-corrected chi connectivity index (χ3v) is 3.74. The number of nitrogens with two attached hydrogens (primary N) is 1. The summed E-state index contributed by atoms with van der Waals surface area (Å²) in [5.41, 5.74) is 5.88. The zero-order valence-electron chi connectivity index (χ0n) is 18.6. The Kier molecular flexibility index (Phi) is 6.94. The quantitative estimate of drug-likeness (QED) is 0.327. The summed E-state index contributed by atoms with van der Waals surface area (Å²) < 4.78 is 12.3.